The Bertz CT molecular complexity index is 501. The average molecular weight is 253 g/mol. The fraction of sp³-hybridized carbons (Fsp3) is 0.417. The Balaban J connectivity index is 3.27. The number of ether oxygens (including phenoxy) is 2. The van der Waals surface area contributed by atoms with E-state index in [9.17, 15) is 14.4 Å². The van der Waals surface area contributed by atoms with Crippen molar-refractivity contribution in [1.29, 1.82) is 0 Å². The van der Waals surface area contributed by atoms with Crippen LogP contribution in [0.2, 0.25) is 0 Å². The third-order valence-electron chi connectivity index (χ3n) is 2.36. The number of carbonyl (C=O) groups excluding carboxylic acids is 3. The van der Waals surface area contributed by atoms with Gasteiger partial charge in [0.05, 0.1) is 18.4 Å². The number of ketones is 2. The van der Waals surface area contributed by atoms with Crippen LogP contribution < -0.4 is 4.74 Å². The zero-order valence-corrected chi connectivity index (χ0v) is 10.7. The number of hydrogen-bond donors (Lipinski definition) is 1. The molecule has 0 aliphatic rings. The lowest BCUT2D eigenvalue weighted by Gasteiger charge is -2.03. The van der Waals surface area contributed by atoms with Crippen LogP contribution in [0.25, 0.3) is 0 Å². The third kappa shape index (κ3) is 2.77. The first-order chi connectivity index (χ1) is 8.38. The highest BCUT2D eigenvalue weighted by atomic mass is 16.5. The quantitative estimate of drug-likeness (QED) is 0.634. The maximum absolute atomic E-state index is 11.6. The molecule has 0 saturated carbocycles. The van der Waals surface area contributed by atoms with Gasteiger partial charge in [-0.25, -0.2) is 0 Å². The second-order valence-electron chi connectivity index (χ2n) is 3.78. The van der Waals surface area contributed by atoms with Crippen molar-refractivity contribution >= 4 is 17.5 Å². The van der Waals surface area contributed by atoms with Crippen molar-refractivity contribution in [3.05, 3.63) is 17.0 Å². The van der Waals surface area contributed by atoms with Gasteiger partial charge >= 0.3 is 5.97 Å². The summed E-state index contributed by atoms with van der Waals surface area (Å²) in [6.45, 7) is 3.87. The number of carbonyl (C=O) groups is 3. The standard InChI is InChI=1S/C12H15NO5/c1-6(14)10-9(5-18-8(3)16)13-11(7(2)15)12(10)17-4/h13H,5H2,1-4H3. The van der Waals surface area contributed by atoms with E-state index < -0.39 is 5.97 Å². The fourth-order valence-electron chi connectivity index (χ4n) is 1.64. The normalized spacial score (nSPS) is 10.0. The molecule has 1 rings (SSSR count). The van der Waals surface area contributed by atoms with Crippen molar-refractivity contribution in [1.82, 2.24) is 4.98 Å². The van der Waals surface area contributed by atoms with Crippen molar-refractivity contribution in [3.8, 4) is 5.75 Å². The van der Waals surface area contributed by atoms with Crippen LogP contribution in [0.5, 0.6) is 5.75 Å². The number of methoxy groups -OCH3 is 1. The molecule has 0 atom stereocenters. The molecule has 6 nitrogen and oxygen atoms in total. The smallest absolute Gasteiger partial charge is 0.303 e. The fourth-order valence-corrected chi connectivity index (χ4v) is 1.64. The molecule has 0 spiro atoms. The van der Waals surface area contributed by atoms with Gasteiger partial charge in [0.15, 0.2) is 17.3 Å². The van der Waals surface area contributed by atoms with E-state index >= 15 is 0 Å². The highest BCUT2D eigenvalue weighted by molar-refractivity contribution is 6.04. The summed E-state index contributed by atoms with van der Waals surface area (Å²) in [5, 5.41) is 0. The van der Waals surface area contributed by atoms with Crippen molar-refractivity contribution in [3.63, 3.8) is 0 Å². The summed E-state index contributed by atoms with van der Waals surface area (Å²) >= 11 is 0. The lowest BCUT2D eigenvalue weighted by molar-refractivity contribution is -0.142. The summed E-state index contributed by atoms with van der Waals surface area (Å²) < 4.78 is 9.90. The predicted octanol–water partition coefficient (Wildman–Crippen LogP) is 1.49. The molecule has 0 saturated heterocycles. The summed E-state index contributed by atoms with van der Waals surface area (Å²) in [5.41, 5.74) is 0.800. The second kappa shape index (κ2) is 5.48. The van der Waals surface area contributed by atoms with Gasteiger partial charge in [0.1, 0.15) is 12.3 Å². The summed E-state index contributed by atoms with van der Waals surface area (Å²) in [5.74, 6) is -0.805. The van der Waals surface area contributed by atoms with Gasteiger partial charge in [-0.05, 0) is 6.92 Å². The number of esters is 1. The molecule has 0 unspecified atom stereocenters. The van der Waals surface area contributed by atoms with Gasteiger partial charge in [-0.1, -0.05) is 0 Å². The van der Waals surface area contributed by atoms with Crippen molar-refractivity contribution in [2.45, 2.75) is 27.4 Å². The first-order valence-corrected chi connectivity index (χ1v) is 5.32. The van der Waals surface area contributed by atoms with Crippen LogP contribution in [-0.4, -0.2) is 29.6 Å². The van der Waals surface area contributed by atoms with E-state index in [-0.39, 0.29) is 35.2 Å². The van der Waals surface area contributed by atoms with Crippen LogP contribution in [0.4, 0.5) is 0 Å². The molecule has 0 amide bonds. The van der Waals surface area contributed by atoms with Gasteiger partial charge in [0.25, 0.3) is 0 Å². The Morgan fingerprint density at radius 1 is 1.11 bits per heavy atom. The maximum Gasteiger partial charge on any atom is 0.303 e. The van der Waals surface area contributed by atoms with E-state index in [2.05, 4.69) is 4.98 Å². The molecule has 0 aliphatic heterocycles. The first-order valence-electron chi connectivity index (χ1n) is 5.32. The van der Waals surface area contributed by atoms with Crippen LogP contribution in [0, 0.1) is 0 Å². The van der Waals surface area contributed by atoms with Gasteiger partial charge in [-0.2, -0.15) is 0 Å². The highest BCUT2D eigenvalue weighted by Crippen LogP contribution is 2.28. The Labute approximate surface area is 104 Å². The first kappa shape index (κ1) is 14.0. The molecule has 0 aliphatic carbocycles. The molecule has 0 aromatic carbocycles. The third-order valence-corrected chi connectivity index (χ3v) is 2.36. The minimum atomic E-state index is -0.470. The topological polar surface area (TPSA) is 85.5 Å². The van der Waals surface area contributed by atoms with Crippen LogP contribution >= 0.6 is 0 Å². The van der Waals surface area contributed by atoms with Crippen LogP contribution in [0.3, 0.4) is 0 Å². The molecule has 1 heterocycles. The Kier molecular flexibility index (Phi) is 4.25. The van der Waals surface area contributed by atoms with Crippen LogP contribution in [-0.2, 0) is 16.1 Å². The van der Waals surface area contributed by atoms with Gasteiger partial charge in [0, 0.05) is 13.8 Å². The van der Waals surface area contributed by atoms with Crippen molar-refractivity contribution in [2.24, 2.45) is 0 Å². The molecule has 0 radical (unpaired) electrons. The predicted molar refractivity (Wildman–Crippen MR) is 62.8 cm³/mol. The SMILES string of the molecule is COc1c(C(C)=O)[nH]c(COC(C)=O)c1C(C)=O. The Hall–Kier alpha value is -2.11. The van der Waals surface area contributed by atoms with Gasteiger partial charge in [0.2, 0.25) is 0 Å². The monoisotopic (exact) mass is 253 g/mol. The molecule has 6 heteroatoms. The zero-order valence-electron chi connectivity index (χ0n) is 10.7. The Morgan fingerprint density at radius 3 is 2.11 bits per heavy atom. The van der Waals surface area contributed by atoms with Gasteiger partial charge in [-0.15, -0.1) is 0 Å². The largest absolute Gasteiger partial charge is 0.494 e. The summed E-state index contributed by atoms with van der Waals surface area (Å²) in [4.78, 5) is 36.5. The molecule has 98 valence electrons. The van der Waals surface area contributed by atoms with E-state index in [1.807, 2.05) is 0 Å². The second-order valence-corrected chi connectivity index (χ2v) is 3.78. The molecule has 18 heavy (non-hydrogen) atoms. The van der Waals surface area contributed by atoms with Crippen LogP contribution in [0.1, 0.15) is 47.3 Å². The molecular weight excluding hydrogens is 238 g/mol. The maximum atomic E-state index is 11.6. The molecule has 0 bridgehead atoms. The lowest BCUT2D eigenvalue weighted by Crippen LogP contribution is -2.04. The van der Waals surface area contributed by atoms with Crippen molar-refractivity contribution in [2.75, 3.05) is 7.11 Å². The van der Waals surface area contributed by atoms with Gasteiger partial charge in [-0.3, -0.25) is 14.4 Å². The van der Waals surface area contributed by atoms with E-state index in [1.54, 1.807) is 0 Å². The minimum Gasteiger partial charge on any atom is -0.494 e. The van der Waals surface area contributed by atoms with Crippen LogP contribution in [0.15, 0.2) is 0 Å². The minimum absolute atomic E-state index is 0.103. The summed E-state index contributed by atoms with van der Waals surface area (Å²) in [7, 11) is 1.37. The average Bonchev–Trinajstić information content (AvgIpc) is 2.64. The number of nitrogens with one attached hydrogen (secondary N) is 1. The molecule has 1 aromatic rings. The number of Topliss-reactive ketones (excluding diaryl/α,β-unsaturated/α-hetero) is 2. The van der Waals surface area contributed by atoms with E-state index in [4.69, 9.17) is 9.47 Å². The van der Waals surface area contributed by atoms with E-state index in [1.165, 1.54) is 27.9 Å². The number of aromatic amines is 1. The number of hydrogen-bond acceptors (Lipinski definition) is 5. The molecular formula is C12H15NO5. The number of H-pyrrole nitrogens is 1. The number of aromatic nitrogens is 1. The molecule has 1 aromatic heterocycles. The summed E-state index contributed by atoms with van der Waals surface area (Å²) in [6.07, 6.45) is 0. The Morgan fingerprint density at radius 2 is 1.72 bits per heavy atom. The highest BCUT2D eigenvalue weighted by Gasteiger charge is 2.24. The molecule has 1 N–H and O–H groups in total. The van der Waals surface area contributed by atoms with Crippen molar-refractivity contribution < 1.29 is 23.9 Å². The van der Waals surface area contributed by atoms with E-state index in [0.29, 0.717) is 5.69 Å². The molecule has 0 fully saturated rings. The number of rotatable bonds is 5. The van der Waals surface area contributed by atoms with E-state index in [0.717, 1.165) is 0 Å². The van der Waals surface area contributed by atoms with Gasteiger partial charge < -0.3 is 14.5 Å². The summed E-state index contributed by atoms with van der Waals surface area (Å²) in [6, 6.07) is 0. The zero-order chi connectivity index (χ0) is 13.9. The lowest BCUT2D eigenvalue weighted by atomic mass is 10.1.